The van der Waals surface area contributed by atoms with Crippen molar-refractivity contribution in [2.75, 3.05) is 7.11 Å². The van der Waals surface area contributed by atoms with Crippen LogP contribution in [0.15, 0.2) is 24.3 Å². The first-order valence-electron chi connectivity index (χ1n) is 5.48. The van der Waals surface area contributed by atoms with Gasteiger partial charge in [-0.15, -0.1) is 0 Å². The molecule has 2 N–H and O–H groups in total. The van der Waals surface area contributed by atoms with Crippen molar-refractivity contribution in [2.45, 2.75) is 31.7 Å². The van der Waals surface area contributed by atoms with Crippen molar-refractivity contribution in [1.29, 1.82) is 0 Å². The number of esters is 1. The van der Waals surface area contributed by atoms with Crippen LogP contribution in [0.4, 0.5) is 0 Å². The van der Waals surface area contributed by atoms with Crippen molar-refractivity contribution in [3.63, 3.8) is 0 Å². The lowest BCUT2D eigenvalue weighted by Gasteiger charge is -2.33. The summed E-state index contributed by atoms with van der Waals surface area (Å²) in [5.74, 6) is -0.233. The number of hydrogen-bond acceptors (Lipinski definition) is 3. The summed E-state index contributed by atoms with van der Waals surface area (Å²) in [6.07, 6.45) is 0.293. The molecule has 3 nitrogen and oxygen atoms in total. The third-order valence-electron chi connectivity index (χ3n) is 3.25. The summed E-state index contributed by atoms with van der Waals surface area (Å²) < 4.78 is 5.91. The molecular formula is C13H18INO2. The molecule has 0 saturated heterocycles. The third kappa shape index (κ3) is 3.42. The lowest BCUT2D eigenvalue weighted by atomic mass is 9.74. The number of methoxy groups -OCH3 is 1. The van der Waals surface area contributed by atoms with Crippen LogP contribution in [-0.4, -0.2) is 19.1 Å². The Balaban J connectivity index is 3.07. The van der Waals surface area contributed by atoms with Gasteiger partial charge < -0.3 is 10.5 Å². The number of rotatable bonds is 4. The summed E-state index contributed by atoms with van der Waals surface area (Å²) in [7, 11) is 1.40. The average molecular weight is 347 g/mol. The number of ether oxygens (including phenoxy) is 1. The quantitative estimate of drug-likeness (QED) is 0.673. The molecular weight excluding hydrogens is 329 g/mol. The van der Waals surface area contributed by atoms with Crippen molar-refractivity contribution in [2.24, 2.45) is 5.73 Å². The Bertz CT molecular complexity index is 389. The summed E-state index contributed by atoms with van der Waals surface area (Å²) in [5.41, 5.74) is 6.71. The summed E-state index contributed by atoms with van der Waals surface area (Å²) in [6.45, 7) is 3.91. The summed E-state index contributed by atoms with van der Waals surface area (Å²) >= 11 is 2.25. The highest BCUT2D eigenvalue weighted by Gasteiger charge is 2.33. The van der Waals surface area contributed by atoms with Crippen LogP contribution < -0.4 is 5.73 Å². The minimum absolute atomic E-state index is 0.123. The zero-order valence-electron chi connectivity index (χ0n) is 10.4. The second-order valence-electron chi connectivity index (χ2n) is 4.47. The topological polar surface area (TPSA) is 52.3 Å². The van der Waals surface area contributed by atoms with Gasteiger partial charge in [-0.2, -0.15) is 0 Å². The molecule has 2 unspecified atom stereocenters. The van der Waals surface area contributed by atoms with Gasteiger partial charge in [-0.05, 0) is 47.2 Å². The van der Waals surface area contributed by atoms with Crippen molar-refractivity contribution in [3.8, 4) is 0 Å². The first kappa shape index (κ1) is 14.4. The molecule has 0 aliphatic heterocycles. The second-order valence-corrected chi connectivity index (χ2v) is 5.71. The molecule has 0 fully saturated rings. The molecule has 94 valence electrons. The van der Waals surface area contributed by atoms with E-state index in [9.17, 15) is 4.79 Å². The monoisotopic (exact) mass is 347 g/mol. The maximum absolute atomic E-state index is 11.5. The van der Waals surface area contributed by atoms with Crippen molar-refractivity contribution in [3.05, 3.63) is 33.4 Å². The molecule has 0 saturated carbocycles. The number of carbonyl (C=O) groups is 1. The maximum atomic E-state index is 11.5. The van der Waals surface area contributed by atoms with Crippen molar-refractivity contribution in [1.82, 2.24) is 0 Å². The van der Waals surface area contributed by atoms with Gasteiger partial charge in [0.15, 0.2) is 0 Å². The lowest BCUT2D eigenvalue weighted by Crippen LogP contribution is -2.42. The Morgan fingerprint density at radius 3 is 2.41 bits per heavy atom. The maximum Gasteiger partial charge on any atom is 0.306 e. The van der Waals surface area contributed by atoms with Gasteiger partial charge in [0.1, 0.15) is 0 Å². The molecule has 0 aromatic heterocycles. The van der Waals surface area contributed by atoms with E-state index in [2.05, 4.69) is 22.6 Å². The Labute approximate surface area is 116 Å². The summed E-state index contributed by atoms with van der Waals surface area (Å²) in [4.78, 5) is 11.5. The minimum Gasteiger partial charge on any atom is -0.469 e. The Kier molecular flexibility index (Phi) is 4.94. The van der Waals surface area contributed by atoms with E-state index in [0.717, 1.165) is 9.13 Å². The minimum atomic E-state index is -0.391. The van der Waals surface area contributed by atoms with E-state index >= 15 is 0 Å². The largest absolute Gasteiger partial charge is 0.469 e. The number of benzene rings is 1. The van der Waals surface area contributed by atoms with Gasteiger partial charge >= 0.3 is 5.97 Å². The molecule has 0 amide bonds. The van der Waals surface area contributed by atoms with E-state index in [-0.39, 0.29) is 12.0 Å². The van der Waals surface area contributed by atoms with Crippen LogP contribution in [0.3, 0.4) is 0 Å². The number of nitrogens with two attached hydrogens (primary N) is 1. The highest BCUT2D eigenvalue weighted by molar-refractivity contribution is 14.1. The Hall–Kier alpha value is -0.620. The average Bonchev–Trinajstić information content (AvgIpc) is 2.29. The van der Waals surface area contributed by atoms with Gasteiger partial charge in [0.05, 0.1) is 13.5 Å². The van der Waals surface area contributed by atoms with Crippen LogP contribution in [0, 0.1) is 3.57 Å². The van der Waals surface area contributed by atoms with Crippen LogP contribution in [0.5, 0.6) is 0 Å². The Morgan fingerprint density at radius 2 is 2.00 bits per heavy atom. The fraction of sp³-hybridized carbons (Fsp3) is 0.462. The van der Waals surface area contributed by atoms with Gasteiger partial charge in [-0.25, -0.2) is 0 Å². The molecule has 1 aromatic rings. The number of carbonyl (C=O) groups excluding carboxylic acids is 1. The lowest BCUT2D eigenvalue weighted by molar-refractivity contribution is -0.142. The first-order chi connectivity index (χ1) is 7.90. The first-order valence-corrected chi connectivity index (χ1v) is 6.56. The van der Waals surface area contributed by atoms with E-state index in [4.69, 9.17) is 10.5 Å². The van der Waals surface area contributed by atoms with E-state index in [0.29, 0.717) is 6.42 Å². The third-order valence-corrected chi connectivity index (χ3v) is 3.97. The van der Waals surface area contributed by atoms with Crippen LogP contribution in [-0.2, 0) is 14.9 Å². The molecule has 2 atom stereocenters. The fourth-order valence-electron chi connectivity index (χ4n) is 1.73. The van der Waals surface area contributed by atoms with E-state index in [1.807, 2.05) is 38.1 Å². The van der Waals surface area contributed by atoms with Crippen molar-refractivity contribution < 1.29 is 9.53 Å². The van der Waals surface area contributed by atoms with Gasteiger partial charge in [-0.1, -0.05) is 19.1 Å². The highest BCUT2D eigenvalue weighted by atomic mass is 127. The zero-order valence-corrected chi connectivity index (χ0v) is 12.5. The SMILES string of the molecule is COC(=O)CC(C)(c1ccc(I)cc1)C(C)N. The molecule has 1 aromatic carbocycles. The fourth-order valence-corrected chi connectivity index (χ4v) is 2.09. The zero-order chi connectivity index (χ0) is 13.1. The van der Waals surface area contributed by atoms with E-state index < -0.39 is 5.41 Å². The van der Waals surface area contributed by atoms with Crippen LogP contribution >= 0.6 is 22.6 Å². The molecule has 0 radical (unpaired) electrons. The smallest absolute Gasteiger partial charge is 0.306 e. The molecule has 0 spiro atoms. The van der Waals surface area contributed by atoms with Gasteiger partial charge in [-0.3, -0.25) is 4.79 Å². The molecule has 4 heteroatoms. The predicted octanol–water partition coefficient (Wildman–Crippen LogP) is 2.46. The Morgan fingerprint density at radius 1 is 1.47 bits per heavy atom. The van der Waals surface area contributed by atoms with Crippen LogP contribution in [0.1, 0.15) is 25.8 Å². The normalized spacial score (nSPS) is 16.1. The van der Waals surface area contributed by atoms with Gasteiger partial charge in [0.25, 0.3) is 0 Å². The summed E-state index contributed by atoms with van der Waals surface area (Å²) in [5, 5.41) is 0. The predicted molar refractivity (Wildman–Crippen MR) is 76.8 cm³/mol. The van der Waals surface area contributed by atoms with Crippen molar-refractivity contribution >= 4 is 28.6 Å². The highest BCUT2D eigenvalue weighted by Crippen LogP contribution is 2.31. The second kappa shape index (κ2) is 5.82. The molecule has 1 rings (SSSR count). The van der Waals surface area contributed by atoms with E-state index in [1.54, 1.807) is 0 Å². The van der Waals surface area contributed by atoms with Gasteiger partial charge in [0, 0.05) is 15.0 Å². The molecule has 17 heavy (non-hydrogen) atoms. The molecule has 0 aliphatic rings. The summed E-state index contributed by atoms with van der Waals surface area (Å²) in [6, 6.07) is 7.96. The molecule has 0 aliphatic carbocycles. The number of halogens is 1. The van der Waals surface area contributed by atoms with Gasteiger partial charge in [0.2, 0.25) is 0 Å². The van der Waals surface area contributed by atoms with Crippen LogP contribution in [0.25, 0.3) is 0 Å². The van der Waals surface area contributed by atoms with Crippen LogP contribution in [0.2, 0.25) is 0 Å². The molecule has 0 heterocycles. The standard InChI is InChI=1S/C13H18INO2/c1-9(15)13(2,8-12(16)17-3)10-4-6-11(14)7-5-10/h4-7,9H,8,15H2,1-3H3. The number of hydrogen-bond donors (Lipinski definition) is 1. The van der Waals surface area contributed by atoms with E-state index in [1.165, 1.54) is 7.11 Å². The molecule has 0 bridgehead atoms.